The summed E-state index contributed by atoms with van der Waals surface area (Å²) >= 11 is 1.78. The summed E-state index contributed by atoms with van der Waals surface area (Å²) in [6.07, 6.45) is 0.843. The van der Waals surface area contributed by atoms with Gasteiger partial charge < -0.3 is 14.7 Å². The van der Waals surface area contributed by atoms with Gasteiger partial charge >= 0.3 is 0 Å². The first-order valence-corrected chi connectivity index (χ1v) is 12.8. The summed E-state index contributed by atoms with van der Waals surface area (Å²) in [5.41, 5.74) is 2.57. The number of hydrogen-bond acceptors (Lipinski definition) is 5. The molecule has 5 rings (SSSR count). The van der Waals surface area contributed by atoms with Gasteiger partial charge in [0.2, 0.25) is 0 Å². The molecule has 1 N–H and O–H groups in total. The summed E-state index contributed by atoms with van der Waals surface area (Å²) in [6, 6.07) is 20.4. The average Bonchev–Trinajstić information content (AvgIpc) is 3.31. The van der Waals surface area contributed by atoms with E-state index in [4.69, 9.17) is 9.72 Å². The van der Waals surface area contributed by atoms with Gasteiger partial charge in [-0.15, -0.1) is 11.3 Å². The van der Waals surface area contributed by atoms with E-state index in [1.165, 1.54) is 34.0 Å². The Morgan fingerprint density at radius 2 is 1.51 bits per heavy atom. The number of aliphatic hydroxyl groups is 1. The molecule has 0 bridgehead atoms. The fourth-order valence-corrected chi connectivity index (χ4v) is 5.78. The largest absolute Gasteiger partial charge is 0.389 e. The highest BCUT2D eigenvalue weighted by Crippen LogP contribution is 2.34. The van der Waals surface area contributed by atoms with Crippen LogP contribution in [0, 0.1) is 11.6 Å². The Hall–Kier alpha value is -2.71. The predicted octanol–water partition coefficient (Wildman–Crippen LogP) is 5.92. The second-order valence-corrected chi connectivity index (χ2v) is 10.1. The summed E-state index contributed by atoms with van der Waals surface area (Å²) in [5, 5.41) is 11.9. The van der Waals surface area contributed by atoms with Crippen LogP contribution >= 0.6 is 11.3 Å². The molecular formula is C28H28F2N2O2S. The molecule has 0 unspecified atom stereocenters. The van der Waals surface area contributed by atoms with E-state index in [9.17, 15) is 13.9 Å². The van der Waals surface area contributed by atoms with Crippen LogP contribution in [0.2, 0.25) is 0 Å². The van der Waals surface area contributed by atoms with Gasteiger partial charge in [-0.25, -0.2) is 13.8 Å². The van der Waals surface area contributed by atoms with Gasteiger partial charge in [-0.05, 0) is 73.5 Å². The van der Waals surface area contributed by atoms with Gasteiger partial charge in [0.25, 0.3) is 0 Å². The zero-order valence-corrected chi connectivity index (χ0v) is 20.1. The van der Waals surface area contributed by atoms with E-state index in [0.29, 0.717) is 12.5 Å². The van der Waals surface area contributed by atoms with E-state index in [1.807, 2.05) is 12.1 Å². The van der Waals surface area contributed by atoms with Crippen LogP contribution in [0.5, 0.6) is 0 Å². The van der Waals surface area contributed by atoms with Crippen molar-refractivity contribution >= 4 is 21.6 Å². The number of rotatable bonds is 8. The van der Waals surface area contributed by atoms with E-state index >= 15 is 0 Å². The Labute approximate surface area is 207 Å². The number of aromatic nitrogens is 1. The number of para-hydroxylation sites is 1. The third kappa shape index (κ3) is 5.93. The number of fused-ring (bicyclic) bond motifs is 1. The maximum atomic E-state index is 13.4. The molecule has 0 spiro atoms. The quantitative estimate of drug-likeness (QED) is 0.330. The molecular weight excluding hydrogens is 466 g/mol. The minimum atomic E-state index is -0.669. The van der Waals surface area contributed by atoms with E-state index in [2.05, 4.69) is 17.0 Å². The summed E-state index contributed by atoms with van der Waals surface area (Å²) in [7, 11) is 0. The molecule has 1 aliphatic heterocycles. The van der Waals surface area contributed by atoms with Crippen LogP contribution in [0.15, 0.2) is 72.8 Å². The lowest BCUT2D eigenvalue weighted by molar-refractivity contribution is -0.0111. The number of likely N-dealkylation sites (tertiary alicyclic amines) is 1. The van der Waals surface area contributed by atoms with Crippen molar-refractivity contribution in [3.63, 3.8) is 0 Å². The number of aliphatic hydroxyl groups excluding tert-OH is 1. The summed E-state index contributed by atoms with van der Waals surface area (Å²) in [4.78, 5) is 7.09. The molecule has 35 heavy (non-hydrogen) atoms. The maximum Gasteiger partial charge on any atom is 0.123 e. The molecule has 0 amide bonds. The second kappa shape index (κ2) is 10.9. The summed E-state index contributed by atoms with van der Waals surface area (Å²) < 4.78 is 34.2. The normalized spacial score (nSPS) is 16.2. The second-order valence-electron chi connectivity index (χ2n) is 9.07. The maximum absolute atomic E-state index is 13.4. The van der Waals surface area contributed by atoms with Crippen LogP contribution in [0.4, 0.5) is 8.78 Å². The molecule has 7 heteroatoms. The van der Waals surface area contributed by atoms with Crippen molar-refractivity contribution in [1.82, 2.24) is 9.88 Å². The zero-order chi connectivity index (χ0) is 24.2. The van der Waals surface area contributed by atoms with Gasteiger partial charge in [-0.1, -0.05) is 36.4 Å². The molecule has 182 valence electrons. The Bertz CT molecular complexity index is 1160. The van der Waals surface area contributed by atoms with Crippen LogP contribution < -0.4 is 0 Å². The van der Waals surface area contributed by atoms with Gasteiger partial charge in [0.15, 0.2) is 0 Å². The molecule has 0 radical (unpaired) electrons. The number of β-amino-alcohol motifs (C(OH)–C–C–N with tert-alkyl or cyclic N) is 1. The molecule has 1 atom stereocenters. The molecule has 0 saturated carbocycles. The Kier molecular flexibility index (Phi) is 7.48. The number of halogens is 2. The Morgan fingerprint density at radius 1 is 0.914 bits per heavy atom. The first kappa shape index (κ1) is 24.0. The molecule has 4 aromatic rings. The van der Waals surface area contributed by atoms with Crippen molar-refractivity contribution in [2.24, 2.45) is 0 Å². The van der Waals surface area contributed by atoms with E-state index in [1.54, 1.807) is 35.6 Å². The van der Waals surface area contributed by atoms with Crippen molar-refractivity contribution < 1.29 is 18.6 Å². The lowest BCUT2D eigenvalue weighted by Crippen LogP contribution is -2.40. The molecule has 1 fully saturated rings. The number of piperidine rings is 1. The highest BCUT2D eigenvalue weighted by Gasteiger charge is 2.25. The third-order valence-electron chi connectivity index (χ3n) is 6.52. The average molecular weight is 495 g/mol. The van der Waals surface area contributed by atoms with Crippen LogP contribution in [0.3, 0.4) is 0 Å². The fraction of sp³-hybridized carbons (Fsp3) is 0.321. The number of thiazole rings is 1. The number of benzene rings is 3. The van der Waals surface area contributed by atoms with Crippen LogP contribution in [0.25, 0.3) is 10.2 Å². The highest BCUT2D eigenvalue weighted by molar-refractivity contribution is 7.18. The molecule has 1 aromatic heterocycles. The molecule has 1 aliphatic rings. The molecule has 0 aliphatic carbocycles. The van der Waals surface area contributed by atoms with Gasteiger partial charge in [0.1, 0.15) is 17.7 Å². The van der Waals surface area contributed by atoms with Crippen LogP contribution in [-0.4, -0.2) is 47.3 Å². The number of hydrogen-bond donors (Lipinski definition) is 1. The number of ether oxygens (including phenoxy) is 1. The van der Waals surface area contributed by atoms with Crippen LogP contribution in [0.1, 0.15) is 41.0 Å². The van der Waals surface area contributed by atoms with Crippen molar-refractivity contribution in [1.29, 1.82) is 0 Å². The monoisotopic (exact) mass is 494 g/mol. The summed E-state index contributed by atoms with van der Waals surface area (Å²) in [6.45, 7) is 2.44. The Morgan fingerprint density at radius 3 is 2.11 bits per heavy atom. The molecule has 3 aromatic carbocycles. The van der Waals surface area contributed by atoms with Crippen molar-refractivity contribution in [2.45, 2.75) is 31.0 Å². The van der Waals surface area contributed by atoms with Crippen LogP contribution in [-0.2, 0) is 4.74 Å². The zero-order valence-electron chi connectivity index (χ0n) is 19.3. The fourth-order valence-electron chi connectivity index (χ4n) is 4.65. The van der Waals surface area contributed by atoms with Gasteiger partial charge in [-0.2, -0.15) is 0 Å². The topological polar surface area (TPSA) is 45.6 Å². The molecule has 4 nitrogen and oxygen atoms in total. The van der Waals surface area contributed by atoms with Crippen molar-refractivity contribution in [3.05, 3.63) is 101 Å². The van der Waals surface area contributed by atoms with Gasteiger partial charge in [0.05, 0.1) is 27.9 Å². The summed E-state index contributed by atoms with van der Waals surface area (Å²) in [5.74, 6) is -0.208. The third-order valence-corrected chi connectivity index (χ3v) is 7.72. The van der Waals surface area contributed by atoms with Crippen molar-refractivity contribution in [2.75, 3.05) is 26.2 Å². The Balaban J connectivity index is 1.16. The van der Waals surface area contributed by atoms with Gasteiger partial charge in [-0.3, -0.25) is 0 Å². The lowest BCUT2D eigenvalue weighted by Gasteiger charge is -2.32. The molecule has 2 heterocycles. The van der Waals surface area contributed by atoms with Crippen molar-refractivity contribution in [3.8, 4) is 0 Å². The molecule has 1 saturated heterocycles. The predicted molar refractivity (Wildman–Crippen MR) is 135 cm³/mol. The first-order chi connectivity index (χ1) is 17.0. The van der Waals surface area contributed by atoms with Gasteiger partial charge in [0, 0.05) is 12.5 Å². The van der Waals surface area contributed by atoms with E-state index in [0.717, 1.165) is 42.6 Å². The lowest BCUT2D eigenvalue weighted by atomic mass is 9.97. The SMILES string of the molecule is O[C@@H](COC(c1ccc(F)cc1)c1ccc(F)cc1)CN1CCC(c2nc3ccccc3s2)CC1. The minimum absolute atomic E-state index is 0.122. The van der Waals surface area contributed by atoms with E-state index in [-0.39, 0.29) is 18.2 Å². The number of nitrogens with zero attached hydrogens (tertiary/aromatic N) is 2. The standard InChI is InChI=1S/C28H28F2N2O2S/c29-22-9-5-19(6-10-22)27(20-7-11-23(30)12-8-20)34-18-24(33)17-32-15-13-21(14-16-32)28-31-25-3-1-2-4-26(25)35-28/h1-12,21,24,27,33H,13-18H2/t24-/m1/s1. The minimum Gasteiger partial charge on any atom is -0.389 e. The highest BCUT2D eigenvalue weighted by atomic mass is 32.1. The first-order valence-electron chi connectivity index (χ1n) is 11.9. The van der Waals surface area contributed by atoms with E-state index < -0.39 is 12.2 Å². The smallest absolute Gasteiger partial charge is 0.123 e.